The van der Waals surface area contributed by atoms with Crippen LogP contribution >= 0.6 is 0 Å². The lowest BCUT2D eigenvalue weighted by Crippen LogP contribution is -1.98. The molecule has 0 spiro atoms. The molecule has 0 heterocycles. The van der Waals surface area contributed by atoms with E-state index in [0.717, 1.165) is 0 Å². The molecule has 3 heteroatoms. The summed E-state index contributed by atoms with van der Waals surface area (Å²) in [6.07, 6.45) is 0. The van der Waals surface area contributed by atoms with Gasteiger partial charge in [-0.3, -0.25) is 0 Å². The van der Waals surface area contributed by atoms with Crippen molar-refractivity contribution in [2.45, 2.75) is 20.8 Å². The second kappa shape index (κ2) is 10.0. The lowest BCUT2D eigenvalue weighted by molar-refractivity contribution is -0.136. The lowest BCUT2D eigenvalue weighted by Gasteiger charge is -1.86. The van der Waals surface area contributed by atoms with Gasteiger partial charge in [-0.2, -0.15) is 5.26 Å². The van der Waals surface area contributed by atoms with Gasteiger partial charge >= 0.3 is 5.97 Å². The summed E-state index contributed by atoms with van der Waals surface area (Å²) >= 11 is 0. The van der Waals surface area contributed by atoms with Gasteiger partial charge in [-0.25, -0.2) is 4.79 Å². The summed E-state index contributed by atoms with van der Waals surface area (Å²) in [6, 6.07) is 1.30. The predicted octanol–water partition coefficient (Wildman–Crippen LogP) is 1.10. The minimum Gasteiger partial charge on any atom is -0.455 e. The first-order valence-corrected chi connectivity index (χ1v) is 2.88. The minimum atomic E-state index is -0.817. The Morgan fingerprint density at radius 1 is 1.67 bits per heavy atom. The van der Waals surface area contributed by atoms with Crippen LogP contribution in [0.2, 0.25) is 0 Å². The van der Waals surface area contributed by atoms with Crippen LogP contribution in [0.1, 0.15) is 20.8 Å². The molecule has 0 bridgehead atoms. The first-order valence-electron chi connectivity index (χ1n) is 2.88. The Labute approximate surface area is 55.2 Å². The molecule has 0 aromatic carbocycles. The second-order valence-electron chi connectivity index (χ2n) is 0.832. The molecule has 0 saturated carbocycles. The maximum absolute atomic E-state index is 9.83. The van der Waals surface area contributed by atoms with E-state index in [0.29, 0.717) is 0 Å². The standard InChI is InChI=1S/C4H5NO2.C2H6/c1-2-7-4(6)3-5;1-2/h2H2,1H3;1-2H3. The van der Waals surface area contributed by atoms with E-state index in [1.54, 1.807) is 6.92 Å². The minimum absolute atomic E-state index is 0.270. The summed E-state index contributed by atoms with van der Waals surface area (Å²) in [5.74, 6) is -0.817. The molecule has 0 fully saturated rings. The van der Waals surface area contributed by atoms with Crippen LogP contribution in [-0.4, -0.2) is 12.6 Å². The van der Waals surface area contributed by atoms with Gasteiger partial charge in [-0.05, 0) is 6.92 Å². The quantitative estimate of drug-likeness (QED) is 0.393. The van der Waals surface area contributed by atoms with Gasteiger partial charge in [-0.1, -0.05) is 13.8 Å². The number of esters is 1. The molecule has 52 valence electrons. The van der Waals surface area contributed by atoms with Crippen molar-refractivity contribution in [3.8, 4) is 6.07 Å². The number of ether oxygens (including phenoxy) is 1. The Kier molecular flexibility index (Phi) is 12.1. The highest BCUT2D eigenvalue weighted by molar-refractivity contribution is 5.85. The zero-order chi connectivity index (χ0) is 7.70. The van der Waals surface area contributed by atoms with Crippen LogP contribution in [0.4, 0.5) is 0 Å². The number of carbonyl (C=O) groups excluding carboxylic acids is 1. The molecule has 0 N–H and O–H groups in total. The molecule has 0 saturated heterocycles. The Morgan fingerprint density at radius 2 is 2.11 bits per heavy atom. The van der Waals surface area contributed by atoms with Crippen LogP contribution in [-0.2, 0) is 9.53 Å². The number of hydrogen-bond donors (Lipinski definition) is 0. The van der Waals surface area contributed by atoms with Gasteiger partial charge in [0, 0.05) is 0 Å². The molecule has 0 aliphatic carbocycles. The number of hydrogen-bond acceptors (Lipinski definition) is 3. The number of nitriles is 1. The fourth-order valence-corrected chi connectivity index (χ4v) is 0.163. The van der Waals surface area contributed by atoms with Crippen LogP contribution in [0, 0.1) is 11.3 Å². The fourth-order valence-electron chi connectivity index (χ4n) is 0.163. The molecule has 0 aliphatic rings. The molecule has 0 atom stereocenters. The first-order chi connectivity index (χ1) is 4.31. The van der Waals surface area contributed by atoms with Gasteiger partial charge in [0.15, 0.2) is 6.07 Å². The van der Waals surface area contributed by atoms with Crippen molar-refractivity contribution in [2.75, 3.05) is 6.61 Å². The summed E-state index contributed by atoms with van der Waals surface area (Å²) in [4.78, 5) is 9.83. The Hall–Kier alpha value is -1.04. The number of carbonyl (C=O) groups is 1. The predicted molar refractivity (Wildman–Crippen MR) is 33.6 cm³/mol. The summed E-state index contributed by atoms with van der Waals surface area (Å²) < 4.78 is 4.19. The van der Waals surface area contributed by atoms with E-state index in [1.165, 1.54) is 6.07 Å². The third kappa shape index (κ3) is 10.9. The fraction of sp³-hybridized carbons (Fsp3) is 0.667. The van der Waals surface area contributed by atoms with Crippen molar-refractivity contribution in [1.82, 2.24) is 0 Å². The Bertz CT molecular complexity index is 104. The van der Waals surface area contributed by atoms with Crippen molar-refractivity contribution >= 4 is 5.97 Å². The third-order valence-electron chi connectivity index (χ3n) is 0.367. The highest BCUT2D eigenvalue weighted by atomic mass is 16.5. The molecule has 0 amide bonds. The van der Waals surface area contributed by atoms with Crippen molar-refractivity contribution in [2.24, 2.45) is 0 Å². The molecule has 0 radical (unpaired) electrons. The van der Waals surface area contributed by atoms with Crippen molar-refractivity contribution in [3.05, 3.63) is 0 Å². The average molecular weight is 129 g/mol. The van der Waals surface area contributed by atoms with Crippen molar-refractivity contribution in [3.63, 3.8) is 0 Å². The van der Waals surface area contributed by atoms with E-state index in [4.69, 9.17) is 5.26 Å². The van der Waals surface area contributed by atoms with E-state index >= 15 is 0 Å². The van der Waals surface area contributed by atoms with E-state index < -0.39 is 5.97 Å². The lowest BCUT2D eigenvalue weighted by atomic mass is 10.7. The van der Waals surface area contributed by atoms with E-state index in [2.05, 4.69) is 4.74 Å². The summed E-state index contributed by atoms with van der Waals surface area (Å²) in [5.41, 5.74) is 0. The SMILES string of the molecule is CC.CCOC(=O)C#N. The molecule has 0 aliphatic heterocycles. The average Bonchev–Trinajstić information content (AvgIpc) is 1.93. The molecule has 0 aromatic rings. The largest absolute Gasteiger partial charge is 0.455 e. The molecular weight excluding hydrogens is 118 g/mol. The number of rotatable bonds is 1. The van der Waals surface area contributed by atoms with Gasteiger partial charge in [0.25, 0.3) is 0 Å². The zero-order valence-corrected chi connectivity index (χ0v) is 5.97. The second-order valence-corrected chi connectivity index (χ2v) is 0.832. The first kappa shape index (κ1) is 10.9. The van der Waals surface area contributed by atoms with E-state index in [1.807, 2.05) is 13.8 Å². The van der Waals surface area contributed by atoms with Crippen molar-refractivity contribution in [1.29, 1.82) is 5.26 Å². The maximum atomic E-state index is 9.83. The summed E-state index contributed by atoms with van der Waals surface area (Å²) in [5, 5.41) is 7.74. The van der Waals surface area contributed by atoms with Gasteiger partial charge in [0.2, 0.25) is 0 Å². The van der Waals surface area contributed by atoms with Gasteiger partial charge in [-0.15, -0.1) is 0 Å². The normalized spacial score (nSPS) is 6.00. The van der Waals surface area contributed by atoms with E-state index in [9.17, 15) is 4.79 Å². The van der Waals surface area contributed by atoms with Crippen LogP contribution in [0.5, 0.6) is 0 Å². The molecule has 3 nitrogen and oxygen atoms in total. The monoisotopic (exact) mass is 129 g/mol. The van der Waals surface area contributed by atoms with Crippen LogP contribution < -0.4 is 0 Å². The molecule has 0 aromatic heterocycles. The van der Waals surface area contributed by atoms with E-state index in [-0.39, 0.29) is 6.61 Å². The molecule has 0 unspecified atom stereocenters. The smallest absolute Gasteiger partial charge is 0.411 e. The molecular formula is C6H11NO2. The highest BCUT2D eigenvalue weighted by Crippen LogP contribution is 1.70. The molecule has 9 heavy (non-hydrogen) atoms. The van der Waals surface area contributed by atoms with Crippen molar-refractivity contribution < 1.29 is 9.53 Å². The van der Waals surface area contributed by atoms with Crippen LogP contribution in [0.15, 0.2) is 0 Å². The molecule has 0 rings (SSSR count). The third-order valence-corrected chi connectivity index (χ3v) is 0.367. The van der Waals surface area contributed by atoms with Gasteiger partial charge in [0.05, 0.1) is 6.61 Å². The van der Waals surface area contributed by atoms with Gasteiger partial charge in [0.1, 0.15) is 0 Å². The Morgan fingerprint density at radius 3 is 2.22 bits per heavy atom. The van der Waals surface area contributed by atoms with Gasteiger partial charge < -0.3 is 4.74 Å². The summed E-state index contributed by atoms with van der Waals surface area (Å²) in [7, 11) is 0. The topological polar surface area (TPSA) is 50.1 Å². The number of nitrogens with zero attached hydrogens (tertiary/aromatic N) is 1. The highest BCUT2D eigenvalue weighted by Gasteiger charge is 1.91. The Balaban J connectivity index is 0. The van der Waals surface area contributed by atoms with Crippen LogP contribution in [0.25, 0.3) is 0 Å². The zero-order valence-electron chi connectivity index (χ0n) is 5.97. The van der Waals surface area contributed by atoms with Crippen LogP contribution in [0.3, 0.4) is 0 Å². The maximum Gasteiger partial charge on any atom is 0.411 e. The summed E-state index contributed by atoms with van der Waals surface area (Å²) in [6.45, 7) is 5.92.